The van der Waals surface area contributed by atoms with E-state index >= 15 is 0 Å². The van der Waals surface area contributed by atoms with Crippen LogP contribution in [0.1, 0.15) is 0 Å². The minimum Gasteiger partial charge on any atom is -0.512 e. The Hall–Kier alpha value is -0.696. The van der Waals surface area contributed by atoms with Gasteiger partial charge in [-0.1, -0.05) is 0 Å². The SMILES string of the molecule is N#[C][Pb][C]#N.N#[C][Pb][C]#N.[C-]#N.[C-]#N.[Fe+2]. The van der Waals surface area contributed by atoms with Crippen molar-refractivity contribution in [2.45, 2.75) is 0 Å². The monoisotopic (exact) mass is 628 g/mol. The Morgan fingerprint density at radius 2 is 0.733 bits per heavy atom. The Morgan fingerprint density at radius 3 is 0.733 bits per heavy atom. The molecule has 0 N–H and O–H groups in total. The molecule has 6 nitrogen and oxygen atoms in total. The molecule has 0 saturated carbocycles. The van der Waals surface area contributed by atoms with Gasteiger partial charge in [0.2, 0.25) is 0 Å². The first kappa shape index (κ1) is 29.2. The summed E-state index contributed by atoms with van der Waals surface area (Å²) in [4.78, 5) is 0. The Bertz CT molecular complexity index is 242. The van der Waals surface area contributed by atoms with E-state index in [-0.39, 0.29) is 17.1 Å². The first-order chi connectivity index (χ1) is 6.83. The Kier molecular flexibility index (Phi) is 140. The molecule has 70 valence electrons. The third-order valence-corrected chi connectivity index (χ3v) is 1.96. The Morgan fingerprint density at radius 1 is 0.600 bits per heavy atom. The summed E-state index contributed by atoms with van der Waals surface area (Å²) in [7, 11) is 0. The summed E-state index contributed by atoms with van der Waals surface area (Å²) in [6.45, 7) is 9.50. The zero-order valence-electron chi connectivity index (χ0n) is 7.04. The summed E-state index contributed by atoms with van der Waals surface area (Å²) in [5.41, 5.74) is 0. The van der Waals surface area contributed by atoms with Crippen LogP contribution in [0.5, 0.6) is 0 Å². The minimum atomic E-state index is -1.34. The van der Waals surface area contributed by atoms with E-state index in [1.807, 2.05) is 14.5 Å². The van der Waals surface area contributed by atoms with Crippen LogP contribution in [-0.4, -0.2) is 48.5 Å². The summed E-state index contributed by atoms with van der Waals surface area (Å²) in [5.74, 6) is 0. The molecule has 0 aromatic rings. The molecule has 0 aromatic heterocycles. The molecule has 4 radical (unpaired) electrons. The number of hydrogen-bond donors (Lipinski definition) is 0. The average molecular weight is 626 g/mol. The van der Waals surface area contributed by atoms with E-state index in [1.165, 1.54) is 0 Å². The van der Waals surface area contributed by atoms with E-state index in [9.17, 15) is 0 Å². The number of rotatable bonds is 0. The maximum absolute atomic E-state index is 7.68. The summed E-state index contributed by atoms with van der Waals surface area (Å²) >= 11 is -2.68. The third-order valence-electron chi connectivity index (χ3n) is 0.224. The molecule has 0 heterocycles. The van der Waals surface area contributed by atoms with Crippen LogP contribution < -0.4 is 0 Å². The fraction of sp³-hybridized carbons (Fsp3) is 0. The summed E-state index contributed by atoms with van der Waals surface area (Å²) < 4.78 is 7.40. The van der Waals surface area contributed by atoms with Crippen molar-refractivity contribution >= 4 is 48.5 Å². The predicted octanol–water partition coefficient (Wildman–Crippen LogP) is -0.504. The normalized spacial score (nSPS) is 3.20. The summed E-state index contributed by atoms with van der Waals surface area (Å²) in [5, 5.41) is 43.2. The maximum Gasteiger partial charge on any atom is 2.00 e. The number of hydrogen-bond acceptors (Lipinski definition) is 6. The molecule has 0 fully saturated rings. The van der Waals surface area contributed by atoms with Gasteiger partial charge in [0.05, 0.1) is 0 Å². The standard InChI is InChI=1S/6CN.Fe.2Pb/c6*1-2;;;/q;;;;2*-1;+2;;. The fourth-order valence-electron chi connectivity index (χ4n) is 0.0500. The Labute approximate surface area is 123 Å². The van der Waals surface area contributed by atoms with Crippen molar-refractivity contribution in [3.05, 3.63) is 13.1 Å². The van der Waals surface area contributed by atoms with Crippen LogP contribution in [0.25, 0.3) is 0 Å². The average Bonchev–Trinajstić information content (AvgIpc) is 2.27. The van der Waals surface area contributed by atoms with Gasteiger partial charge in [-0.2, -0.15) is 0 Å². The second-order valence-corrected chi connectivity index (χ2v) is 6.12. The van der Waals surface area contributed by atoms with Gasteiger partial charge in [0.15, 0.2) is 0 Å². The van der Waals surface area contributed by atoms with E-state index in [0.29, 0.717) is 0 Å². The number of nitriles is 4. The van der Waals surface area contributed by atoms with Crippen LogP contribution in [0.4, 0.5) is 0 Å². The molecule has 0 saturated heterocycles. The van der Waals surface area contributed by atoms with Crippen LogP contribution in [0.15, 0.2) is 0 Å². The smallest absolute Gasteiger partial charge is 0.512 e. The molecule has 0 aromatic carbocycles. The van der Waals surface area contributed by atoms with Crippen LogP contribution >= 0.6 is 0 Å². The summed E-state index contributed by atoms with van der Waals surface area (Å²) in [6.07, 6.45) is 0. The fourth-order valence-corrected chi connectivity index (χ4v) is 0.439. The quantitative estimate of drug-likeness (QED) is 0.262. The van der Waals surface area contributed by atoms with Crippen molar-refractivity contribution in [2.24, 2.45) is 0 Å². The molecule has 0 aliphatic rings. The van der Waals surface area contributed by atoms with E-state index < -0.39 is 48.5 Å². The molecule has 0 spiro atoms. The topological polar surface area (TPSA) is 143 Å². The second kappa shape index (κ2) is 71.6. The zero-order valence-corrected chi connectivity index (χ0v) is 15.9. The first-order valence-electron chi connectivity index (χ1n) is 2.34. The molecule has 0 unspecified atom stereocenters. The van der Waals surface area contributed by atoms with Crippen LogP contribution in [0.2, 0.25) is 0 Å². The van der Waals surface area contributed by atoms with Gasteiger partial charge in [-0.3, -0.25) is 0 Å². The van der Waals surface area contributed by atoms with Crippen LogP contribution in [0, 0.1) is 59.2 Å². The molecule has 15 heavy (non-hydrogen) atoms. The molecule has 0 aliphatic heterocycles. The van der Waals surface area contributed by atoms with Crippen LogP contribution in [0.3, 0.4) is 0 Å². The predicted molar refractivity (Wildman–Crippen MR) is 43.9 cm³/mol. The molecule has 0 atom stereocenters. The molecule has 0 bridgehead atoms. The zero-order chi connectivity index (χ0) is 12.2. The molecular weight excluding hydrogens is 626 g/mol. The van der Waals surface area contributed by atoms with Crippen molar-refractivity contribution in [3.63, 3.8) is 0 Å². The molecule has 0 aliphatic carbocycles. The van der Waals surface area contributed by atoms with Gasteiger partial charge in [-0.25, -0.2) is 0 Å². The van der Waals surface area contributed by atoms with Gasteiger partial charge < -0.3 is 23.7 Å². The largest absolute Gasteiger partial charge is 2.00 e. The van der Waals surface area contributed by atoms with Crippen molar-refractivity contribution in [2.75, 3.05) is 0 Å². The van der Waals surface area contributed by atoms with Crippen molar-refractivity contribution in [1.82, 2.24) is 0 Å². The van der Waals surface area contributed by atoms with E-state index in [4.69, 9.17) is 44.7 Å². The summed E-state index contributed by atoms with van der Waals surface area (Å²) in [6, 6.07) is 0. The Balaban J connectivity index is -0.0000000318. The molecule has 0 amide bonds. The van der Waals surface area contributed by atoms with Gasteiger partial charge in [0.1, 0.15) is 0 Å². The van der Waals surface area contributed by atoms with Crippen molar-refractivity contribution in [3.8, 4) is 14.5 Å². The van der Waals surface area contributed by atoms with Gasteiger partial charge in [-0.05, 0) is 0 Å². The van der Waals surface area contributed by atoms with Gasteiger partial charge in [0, 0.05) is 0 Å². The van der Waals surface area contributed by atoms with Gasteiger partial charge >= 0.3 is 101 Å². The first-order valence-corrected chi connectivity index (χ1v) is 10.1. The van der Waals surface area contributed by atoms with Gasteiger partial charge in [0.25, 0.3) is 0 Å². The molecule has 9 heteroatoms. The van der Waals surface area contributed by atoms with Crippen LogP contribution in [-0.2, 0) is 17.1 Å². The van der Waals surface area contributed by atoms with Crippen molar-refractivity contribution < 1.29 is 17.1 Å². The second-order valence-electron chi connectivity index (χ2n) is 0.697. The van der Waals surface area contributed by atoms with Crippen molar-refractivity contribution in [1.29, 1.82) is 31.6 Å². The van der Waals surface area contributed by atoms with E-state index in [1.54, 1.807) is 0 Å². The molecule has 0 rings (SSSR count). The third kappa shape index (κ3) is 156. The van der Waals surface area contributed by atoms with E-state index in [0.717, 1.165) is 0 Å². The molecular formula is C6FeN6Pb2. The maximum atomic E-state index is 7.68. The van der Waals surface area contributed by atoms with Gasteiger partial charge in [-0.15, -0.1) is 0 Å². The minimum absolute atomic E-state index is 0. The van der Waals surface area contributed by atoms with E-state index in [2.05, 4.69) is 0 Å². The number of nitrogens with zero attached hydrogens (tertiary/aromatic N) is 6.